The second-order valence-corrected chi connectivity index (χ2v) is 5.05. The zero-order chi connectivity index (χ0) is 13.0. The highest BCUT2D eigenvalue weighted by molar-refractivity contribution is 5.34. The van der Waals surface area contributed by atoms with Crippen LogP contribution in [0.1, 0.15) is 38.3 Å². The highest BCUT2D eigenvalue weighted by atomic mass is 16.5. The molecular weight excluding hydrogens is 226 g/mol. The molecule has 1 saturated heterocycles. The van der Waals surface area contributed by atoms with E-state index in [9.17, 15) is 5.11 Å². The molecule has 100 valence electrons. The van der Waals surface area contributed by atoms with Gasteiger partial charge in [0.15, 0.2) is 0 Å². The molecule has 3 atom stereocenters. The van der Waals surface area contributed by atoms with Crippen molar-refractivity contribution in [3.63, 3.8) is 0 Å². The summed E-state index contributed by atoms with van der Waals surface area (Å²) in [4.78, 5) is 0. The van der Waals surface area contributed by atoms with Gasteiger partial charge in [-0.3, -0.25) is 0 Å². The number of aromatic hydroxyl groups is 1. The van der Waals surface area contributed by atoms with E-state index in [0.29, 0.717) is 17.8 Å². The van der Waals surface area contributed by atoms with Crippen LogP contribution in [0.25, 0.3) is 0 Å². The Balaban J connectivity index is 1.88. The molecule has 18 heavy (non-hydrogen) atoms. The Morgan fingerprint density at radius 1 is 1.44 bits per heavy atom. The molecule has 0 aromatic heterocycles. The van der Waals surface area contributed by atoms with Gasteiger partial charge in [0.25, 0.3) is 0 Å². The number of ether oxygens (including phenoxy) is 1. The maximum atomic E-state index is 9.81. The highest BCUT2D eigenvalue weighted by Gasteiger charge is 2.26. The quantitative estimate of drug-likeness (QED) is 0.843. The standard InChI is InChI=1S/C15H23NO2/c1-3-15-12(8-9-18-15)10-16-11(2)13-6-4-5-7-14(13)17/h4-7,11-12,15-17H,3,8-10H2,1-2H3. The van der Waals surface area contributed by atoms with Gasteiger partial charge >= 0.3 is 0 Å². The van der Waals surface area contributed by atoms with E-state index < -0.39 is 0 Å². The molecule has 0 radical (unpaired) electrons. The van der Waals surface area contributed by atoms with Crippen LogP contribution >= 0.6 is 0 Å². The lowest BCUT2D eigenvalue weighted by Crippen LogP contribution is -2.30. The summed E-state index contributed by atoms with van der Waals surface area (Å²) in [6, 6.07) is 7.69. The number of hydrogen-bond donors (Lipinski definition) is 2. The van der Waals surface area contributed by atoms with Gasteiger partial charge in [0.05, 0.1) is 6.10 Å². The summed E-state index contributed by atoms with van der Waals surface area (Å²) in [6.07, 6.45) is 2.62. The Morgan fingerprint density at radius 2 is 2.22 bits per heavy atom. The van der Waals surface area contributed by atoms with Gasteiger partial charge in [-0.2, -0.15) is 0 Å². The number of nitrogens with one attached hydrogen (secondary N) is 1. The SMILES string of the molecule is CCC1OCCC1CNC(C)c1ccccc1O. The minimum absolute atomic E-state index is 0.171. The van der Waals surface area contributed by atoms with Gasteiger partial charge < -0.3 is 15.2 Å². The predicted molar refractivity (Wildman–Crippen MR) is 72.7 cm³/mol. The lowest BCUT2D eigenvalue weighted by molar-refractivity contribution is 0.0867. The fourth-order valence-electron chi connectivity index (χ4n) is 2.67. The molecule has 1 aliphatic rings. The van der Waals surface area contributed by atoms with Gasteiger partial charge in [0.1, 0.15) is 5.75 Å². The van der Waals surface area contributed by atoms with Crippen molar-refractivity contribution in [1.82, 2.24) is 5.32 Å². The molecule has 3 nitrogen and oxygen atoms in total. The third kappa shape index (κ3) is 3.03. The third-order valence-electron chi connectivity index (χ3n) is 3.84. The molecule has 1 fully saturated rings. The lowest BCUT2D eigenvalue weighted by atomic mass is 9.98. The molecule has 2 rings (SSSR count). The summed E-state index contributed by atoms with van der Waals surface area (Å²) in [5, 5.41) is 13.3. The zero-order valence-electron chi connectivity index (χ0n) is 11.2. The van der Waals surface area contributed by atoms with Gasteiger partial charge in [0.2, 0.25) is 0 Å². The Morgan fingerprint density at radius 3 is 2.94 bits per heavy atom. The molecule has 0 saturated carbocycles. The summed E-state index contributed by atoms with van der Waals surface area (Å²) < 4.78 is 5.69. The fourth-order valence-corrected chi connectivity index (χ4v) is 2.67. The number of phenols is 1. The van der Waals surface area contributed by atoms with Gasteiger partial charge in [-0.15, -0.1) is 0 Å². The Kier molecular flexibility index (Phi) is 4.61. The van der Waals surface area contributed by atoms with Gasteiger partial charge in [0, 0.05) is 24.8 Å². The van der Waals surface area contributed by atoms with Crippen molar-refractivity contribution in [3.8, 4) is 5.75 Å². The zero-order valence-corrected chi connectivity index (χ0v) is 11.2. The molecular formula is C15H23NO2. The summed E-state index contributed by atoms with van der Waals surface area (Å²) in [5.41, 5.74) is 0.962. The van der Waals surface area contributed by atoms with Crippen LogP contribution < -0.4 is 5.32 Å². The highest BCUT2D eigenvalue weighted by Crippen LogP contribution is 2.26. The van der Waals surface area contributed by atoms with E-state index in [-0.39, 0.29) is 6.04 Å². The van der Waals surface area contributed by atoms with E-state index in [1.807, 2.05) is 18.2 Å². The maximum Gasteiger partial charge on any atom is 0.120 e. The minimum Gasteiger partial charge on any atom is -0.508 e. The van der Waals surface area contributed by atoms with Crippen LogP contribution in [0.15, 0.2) is 24.3 Å². The van der Waals surface area contributed by atoms with Gasteiger partial charge in [-0.25, -0.2) is 0 Å². The van der Waals surface area contributed by atoms with E-state index in [4.69, 9.17) is 4.74 Å². The van der Waals surface area contributed by atoms with Crippen LogP contribution in [0.4, 0.5) is 0 Å². The van der Waals surface area contributed by atoms with Crippen LogP contribution in [0.2, 0.25) is 0 Å². The van der Waals surface area contributed by atoms with Crippen LogP contribution in [-0.4, -0.2) is 24.4 Å². The largest absolute Gasteiger partial charge is 0.508 e. The van der Waals surface area contributed by atoms with Crippen molar-refractivity contribution in [2.24, 2.45) is 5.92 Å². The first-order valence-electron chi connectivity index (χ1n) is 6.85. The Labute approximate surface area is 109 Å². The molecule has 1 aliphatic heterocycles. The molecule has 2 N–H and O–H groups in total. The van der Waals surface area contributed by atoms with Crippen molar-refractivity contribution >= 4 is 0 Å². The van der Waals surface area contributed by atoms with E-state index in [1.54, 1.807) is 6.07 Å². The first kappa shape index (κ1) is 13.4. The number of para-hydroxylation sites is 1. The summed E-state index contributed by atoms with van der Waals surface area (Å²) >= 11 is 0. The Bertz CT molecular complexity index is 381. The molecule has 0 bridgehead atoms. The monoisotopic (exact) mass is 249 g/mol. The van der Waals surface area contributed by atoms with Gasteiger partial charge in [-0.05, 0) is 31.7 Å². The topological polar surface area (TPSA) is 41.5 Å². The minimum atomic E-state index is 0.171. The van der Waals surface area contributed by atoms with E-state index in [1.165, 1.54) is 0 Å². The Hall–Kier alpha value is -1.06. The average molecular weight is 249 g/mol. The summed E-state index contributed by atoms with van der Waals surface area (Å²) in [5.74, 6) is 0.968. The molecule has 1 aromatic carbocycles. The maximum absolute atomic E-state index is 9.81. The van der Waals surface area contributed by atoms with Crippen LogP contribution in [0.5, 0.6) is 5.75 Å². The third-order valence-corrected chi connectivity index (χ3v) is 3.84. The molecule has 0 spiro atoms. The van der Waals surface area contributed by atoms with Gasteiger partial charge in [-0.1, -0.05) is 25.1 Å². The number of benzene rings is 1. The molecule has 1 aromatic rings. The van der Waals surface area contributed by atoms with Crippen molar-refractivity contribution in [2.75, 3.05) is 13.2 Å². The molecule has 3 unspecified atom stereocenters. The van der Waals surface area contributed by atoms with E-state index in [0.717, 1.165) is 31.6 Å². The molecule has 0 amide bonds. The normalized spacial score (nSPS) is 25.2. The number of hydrogen-bond acceptors (Lipinski definition) is 3. The lowest BCUT2D eigenvalue weighted by Gasteiger charge is -2.21. The second kappa shape index (κ2) is 6.21. The van der Waals surface area contributed by atoms with Crippen molar-refractivity contribution in [1.29, 1.82) is 0 Å². The van der Waals surface area contributed by atoms with Crippen molar-refractivity contribution in [3.05, 3.63) is 29.8 Å². The van der Waals surface area contributed by atoms with Crippen molar-refractivity contribution in [2.45, 2.75) is 38.8 Å². The molecule has 3 heteroatoms. The van der Waals surface area contributed by atoms with Crippen LogP contribution in [0, 0.1) is 5.92 Å². The van der Waals surface area contributed by atoms with E-state index >= 15 is 0 Å². The molecule has 1 heterocycles. The summed E-state index contributed by atoms with van der Waals surface area (Å²) in [7, 11) is 0. The number of rotatable bonds is 5. The number of phenolic OH excluding ortho intramolecular Hbond substituents is 1. The van der Waals surface area contributed by atoms with Crippen molar-refractivity contribution < 1.29 is 9.84 Å². The second-order valence-electron chi connectivity index (χ2n) is 5.05. The smallest absolute Gasteiger partial charge is 0.120 e. The fraction of sp³-hybridized carbons (Fsp3) is 0.600. The van der Waals surface area contributed by atoms with Crippen LogP contribution in [0.3, 0.4) is 0 Å². The predicted octanol–water partition coefficient (Wildman–Crippen LogP) is 2.86. The van der Waals surface area contributed by atoms with Crippen LogP contribution in [-0.2, 0) is 4.74 Å². The first-order valence-corrected chi connectivity index (χ1v) is 6.85. The molecule has 0 aliphatic carbocycles. The summed E-state index contributed by atoms with van der Waals surface area (Å²) in [6.45, 7) is 6.10. The average Bonchev–Trinajstić information content (AvgIpc) is 2.84. The first-order chi connectivity index (χ1) is 8.72. The van der Waals surface area contributed by atoms with E-state index in [2.05, 4.69) is 19.2 Å².